The minimum atomic E-state index is -3.63. The average Bonchev–Trinajstić information content (AvgIpc) is 2.47. The standard InChI is InChI=1S/C13H16N4O2S/c1-2-15-12-6-8-14-10-13(12)20(18,19)17-9-11-5-3-4-7-16-11/h3-8,10,17H,2,9H2,1H3,(H,14,15). The molecule has 6 nitrogen and oxygen atoms in total. The lowest BCUT2D eigenvalue weighted by Crippen LogP contribution is -2.24. The second-order valence-electron chi connectivity index (χ2n) is 4.05. The first-order valence-corrected chi connectivity index (χ1v) is 7.69. The zero-order valence-electron chi connectivity index (χ0n) is 11.1. The third kappa shape index (κ3) is 3.52. The van der Waals surface area contributed by atoms with Crippen molar-refractivity contribution < 1.29 is 8.42 Å². The molecule has 0 unspecified atom stereocenters. The summed E-state index contributed by atoms with van der Waals surface area (Å²) in [6.07, 6.45) is 4.51. The predicted molar refractivity (Wildman–Crippen MR) is 76.7 cm³/mol. The fraction of sp³-hybridized carbons (Fsp3) is 0.231. The molecule has 2 aromatic rings. The summed E-state index contributed by atoms with van der Waals surface area (Å²) >= 11 is 0. The summed E-state index contributed by atoms with van der Waals surface area (Å²) in [7, 11) is -3.63. The van der Waals surface area contributed by atoms with Gasteiger partial charge >= 0.3 is 0 Å². The van der Waals surface area contributed by atoms with Crippen LogP contribution in [0.15, 0.2) is 47.8 Å². The topological polar surface area (TPSA) is 84.0 Å². The molecule has 0 atom stereocenters. The van der Waals surface area contributed by atoms with Crippen LogP contribution in [0.25, 0.3) is 0 Å². The Hall–Kier alpha value is -1.99. The van der Waals surface area contributed by atoms with Gasteiger partial charge in [-0.3, -0.25) is 9.97 Å². The third-order valence-corrected chi connectivity index (χ3v) is 4.04. The number of hydrogen-bond acceptors (Lipinski definition) is 5. The fourth-order valence-electron chi connectivity index (χ4n) is 1.68. The quantitative estimate of drug-likeness (QED) is 0.840. The molecule has 2 N–H and O–H groups in total. The highest BCUT2D eigenvalue weighted by atomic mass is 32.2. The fourth-order valence-corrected chi connectivity index (χ4v) is 2.80. The van der Waals surface area contributed by atoms with E-state index in [-0.39, 0.29) is 11.4 Å². The van der Waals surface area contributed by atoms with Gasteiger partial charge in [-0.05, 0) is 25.1 Å². The van der Waals surface area contributed by atoms with E-state index in [1.807, 2.05) is 13.0 Å². The van der Waals surface area contributed by atoms with Gasteiger partial charge in [-0.25, -0.2) is 13.1 Å². The van der Waals surface area contributed by atoms with E-state index in [0.717, 1.165) is 0 Å². The number of aromatic nitrogens is 2. The van der Waals surface area contributed by atoms with Crippen molar-refractivity contribution in [1.82, 2.24) is 14.7 Å². The molecule has 0 radical (unpaired) electrons. The van der Waals surface area contributed by atoms with Crippen LogP contribution in [-0.4, -0.2) is 24.9 Å². The molecule has 2 aromatic heterocycles. The van der Waals surface area contributed by atoms with E-state index in [0.29, 0.717) is 17.9 Å². The largest absolute Gasteiger partial charge is 0.384 e. The van der Waals surface area contributed by atoms with Crippen LogP contribution in [0.4, 0.5) is 5.69 Å². The normalized spacial score (nSPS) is 11.2. The Morgan fingerprint density at radius 2 is 2.05 bits per heavy atom. The number of anilines is 1. The van der Waals surface area contributed by atoms with Crippen molar-refractivity contribution in [3.05, 3.63) is 48.5 Å². The highest BCUT2D eigenvalue weighted by molar-refractivity contribution is 7.89. The molecule has 0 fully saturated rings. The molecule has 20 heavy (non-hydrogen) atoms. The molecule has 0 aliphatic rings. The Bertz CT molecular complexity index is 659. The number of nitrogens with one attached hydrogen (secondary N) is 2. The molecule has 0 bridgehead atoms. The average molecular weight is 292 g/mol. The van der Waals surface area contributed by atoms with Crippen molar-refractivity contribution in [3.8, 4) is 0 Å². The van der Waals surface area contributed by atoms with Crippen LogP contribution < -0.4 is 10.0 Å². The maximum atomic E-state index is 12.3. The van der Waals surface area contributed by atoms with Crippen molar-refractivity contribution in [2.45, 2.75) is 18.4 Å². The first-order valence-electron chi connectivity index (χ1n) is 6.21. The number of hydrogen-bond donors (Lipinski definition) is 2. The van der Waals surface area contributed by atoms with Crippen molar-refractivity contribution in [1.29, 1.82) is 0 Å². The summed E-state index contributed by atoms with van der Waals surface area (Å²) in [6.45, 7) is 2.68. The molecular formula is C13H16N4O2S. The molecule has 0 saturated heterocycles. The highest BCUT2D eigenvalue weighted by Gasteiger charge is 2.18. The first kappa shape index (κ1) is 14.4. The SMILES string of the molecule is CCNc1ccncc1S(=O)(=O)NCc1ccccn1. The number of nitrogens with zero attached hydrogens (tertiary/aromatic N) is 2. The van der Waals surface area contributed by atoms with Crippen LogP contribution in [0.3, 0.4) is 0 Å². The van der Waals surface area contributed by atoms with E-state index in [1.54, 1.807) is 30.6 Å². The van der Waals surface area contributed by atoms with Crippen LogP contribution in [0, 0.1) is 0 Å². The van der Waals surface area contributed by atoms with Crippen molar-refractivity contribution in [3.63, 3.8) is 0 Å². The molecule has 0 aliphatic carbocycles. The Balaban J connectivity index is 2.18. The smallest absolute Gasteiger partial charge is 0.244 e. The van der Waals surface area contributed by atoms with E-state index < -0.39 is 10.0 Å². The Morgan fingerprint density at radius 1 is 1.20 bits per heavy atom. The molecular weight excluding hydrogens is 276 g/mol. The summed E-state index contributed by atoms with van der Waals surface area (Å²) in [6, 6.07) is 6.99. The highest BCUT2D eigenvalue weighted by Crippen LogP contribution is 2.19. The molecule has 2 heterocycles. The zero-order valence-corrected chi connectivity index (χ0v) is 11.9. The number of rotatable bonds is 6. The van der Waals surface area contributed by atoms with Crippen molar-refractivity contribution >= 4 is 15.7 Å². The lowest BCUT2D eigenvalue weighted by Gasteiger charge is -2.11. The third-order valence-electron chi connectivity index (χ3n) is 2.61. The van der Waals surface area contributed by atoms with Gasteiger partial charge in [-0.2, -0.15) is 0 Å². The minimum Gasteiger partial charge on any atom is -0.384 e. The Kier molecular flexibility index (Phi) is 4.65. The molecule has 0 saturated carbocycles. The van der Waals surface area contributed by atoms with Gasteiger partial charge in [0, 0.05) is 25.1 Å². The molecule has 0 spiro atoms. The van der Waals surface area contributed by atoms with E-state index in [2.05, 4.69) is 20.0 Å². The lowest BCUT2D eigenvalue weighted by atomic mass is 10.4. The maximum absolute atomic E-state index is 12.3. The van der Waals surface area contributed by atoms with E-state index in [9.17, 15) is 8.42 Å². The van der Waals surface area contributed by atoms with Gasteiger partial charge in [0.2, 0.25) is 10.0 Å². The maximum Gasteiger partial charge on any atom is 0.244 e. The predicted octanol–water partition coefficient (Wildman–Crippen LogP) is 1.39. The second-order valence-corrected chi connectivity index (χ2v) is 5.78. The molecule has 2 rings (SSSR count). The van der Waals surface area contributed by atoms with Crippen LogP contribution in [0.1, 0.15) is 12.6 Å². The summed E-state index contributed by atoms with van der Waals surface area (Å²) in [5.41, 5.74) is 1.20. The van der Waals surface area contributed by atoms with Crippen molar-refractivity contribution in [2.75, 3.05) is 11.9 Å². The molecule has 0 amide bonds. The van der Waals surface area contributed by atoms with Crippen LogP contribution in [0.2, 0.25) is 0 Å². The summed E-state index contributed by atoms with van der Waals surface area (Å²) in [4.78, 5) is 8.09. The zero-order chi connectivity index (χ0) is 14.4. The van der Waals surface area contributed by atoms with E-state index in [1.165, 1.54) is 6.20 Å². The molecule has 106 valence electrons. The molecule has 0 aliphatic heterocycles. The van der Waals surface area contributed by atoms with Gasteiger partial charge in [0.15, 0.2) is 0 Å². The first-order chi connectivity index (χ1) is 9.63. The van der Waals surface area contributed by atoms with Gasteiger partial charge < -0.3 is 5.32 Å². The molecule has 7 heteroatoms. The van der Waals surface area contributed by atoms with Gasteiger partial charge in [0.25, 0.3) is 0 Å². The summed E-state index contributed by atoms with van der Waals surface area (Å²) < 4.78 is 27.1. The minimum absolute atomic E-state index is 0.137. The summed E-state index contributed by atoms with van der Waals surface area (Å²) in [5, 5.41) is 3.01. The lowest BCUT2D eigenvalue weighted by molar-refractivity contribution is 0.580. The van der Waals surface area contributed by atoms with Crippen LogP contribution >= 0.6 is 0 Å². The van der Waals surface area contributed by atoms with Crippen LogP contribution in [-0.2, 0) is 16.6 Å². The monoisotopic (exact) mass is 292 g/mol. The van der Waals surface area contributed by atoms with Gasteiger partial charge in [0.05, 0.1) is 17.9 Å². The Labute approximate surface area is 118 Å². The van der Waals surface area contributed by atoms with E-state index in [4.69, 9.17) is 0 Å². The number of pyridine rings is 2. The number of sulfonamides is 1. The van der Waals surface area contributed by atoms with Gasteiger partial charge in [0.1, 0.15) is 4.90 Å². The van der Waals surface area contributed by atoms with Gasteiger partial charge in [-0.1, -0.05) is 6.07 Å². The van der Waals surface area contributed by atoms with Crippen molar-refractivity contribution in [2.24, 2.45) is 0 Å². The van der Waals surface area contributed by atoms with Gasteiger partial charge in [-0.15, -0.1) is 0 Å². The molecule has 0 aromatic carbocycles. The summed E-state index contributed by atoms with van der Waals surface area (Å²) in [5.74, 6) is 0. The second kappa shape index (κ2) is 6.44. The van der Waals surface area contributed by atoms with Crippen LogP contribution in [0.5, 0.6) is 0 Å². The van der Waals surface area contributed by atoms with E-state index >= 15 is 0 Å². The Morgan fingerprint density at radius 3 is 2.75 bits per heavy atom.